The van der Waals surface area contributed by atoms with Crippen LogP contribution in [-0.4, -0.2) is 17.8 Å². The van der Waals surface area contributed by atoms with Crippen LogP contribution in [0.1, 0.15) is 18.4 Å². The molecule has 0 fully saturated rings. The van der Waals surface area contributed by atoms with E-state index in [2.05, 4.69) is 6.58 Å². The Bertz CT molecular complexity index is 269. The van der Waals surface area contributed by atoms with Gasteiger partial charge in [0.15, 0.2) is 0 Å². The second-order valence-corrected chi connectivity index (χ2v) is 3.48. The van der Waals surface area contributed by atoms with E-state index in [0.717, 1.165) is 12.8 Å². The lowest BCUT2D eigenvalue weighted by Gasteiger charge is -2.06. The lowest BCUT2D eigenvalue weighted by atomic mass is 10.2. The molecule has 2 nitrogen and oxygen atoms in total. The summed E-state index contributed by atoms with van der Waals surface area (Å²) in [5.74, 6) is 0. The third kappa shape index (κ3) is 5.35. The highest BCUT2D eigenvalue weighted by Gasteiger charge is 1.97. The molecule has 0 aliphatic rings. The van der Waals surface area contributed by atoms with Crippen molar-refractivity contribution in [3.05, 3.63) is 48.6 Å². The van der Waals surface area contributed by atoms with Gasteiger partial charge in [-0.05, 0) is 18.4 Å². The third-order valence-electron chi connectivity index (χ3n) is 2.17. The molecule has 0 aliphatic carbocycles. The van der Waals surface area contributed by atoms with Crippen molar-refractivity contribution in [3.63, 3.8) is 0 Å². The molecule has 1 aromatic carbocycles. The average molecular weight is 206 g/mol. The van der Waals surface area contributed by atoms with Gasteiger partial charge in [0.25, 0.3) is 0 Å². The van der Waals surface area contributed by atoms with Crippen molar-refractivity contribution in [2.24, 2.45) is 0 Å². The summed E-state index contributed by atoms with van der Waals surface area (Å²) in [6.45, 7) is 4.84. The summed E-state index contributed by atoms with van der Waals surface area (Å²) in [4.78, 5) is 0. The molecule has 2 heteroatoms. The molecule has 0 bridgehead atoms. The monoisotopic (exact) mass is 206 g/mol. The van der Waals surface area contributed by atoms with E-state index in [1.54, 1.807) is 6.08 Å². The Morgan fingerprint density at radius 1 is 1.33 bits per heavy atom. The predicted octanol–water partition coefficient (Wildman–Crippen LogP) is 2.53. The summed E-state index contributed by atoms with van der Waals surface area (Å²) >= 11 is 0. The Hall–Kier alpha value is -1.12. The molecule has 0 amide bonds. The molecule has 0 saturated carbocycles. The average Bonchev–Trinajstić information content (AvgIpc) is 2.29. The highest BCUT2D eigenvalue weighted by Crippen LogP contribution is 2.03. The lowest BCUT2D eigenvalue weighted by Crippen LogP contribution is -2.04. The van der Waals surface area contributed by atoms with Crippen molar-refractivity contribution in [1.82, 2.24) is 0 Å². The Labute approximate surface area is 91.2 Å². The molecule has 1 N–H and O–H groups in total. The molecule has 0 aromatic heterocycles. The standard InChI is InChI=1S/C13H18O2/c1-2-13(14)9-6-10-15-11-12-7-4-3-5-8-12/h2-5,7-8,13-14H,1,6,9-11H2/t13-/m1/s1. The van der Waals surface area contributed by atoms with Crippen LogP contribution >= 0.6 is 0 Å². The lowest BCUT2D eigenvalue weighted by molar-refractivity contribution is 0.106. The van der Waals surface area contributed by atoms with Gasteiger partial charge in [-0.1, -0.05) is 36.4 Å². The molecule has 0 spiro atoms. The van der Waals surface area contributed by atoms with Crippen LogP contribution in [0.2, 0.25) is 0 Å². The van der Waals surface area contributed by atoms with E-state index < -0.39 is 6.10 Å². The van der Waals surface area contributed by atoms with Crippen molar-refractivity contribution in [2.75, 3.05) is 6.61 Å². The minimum absolute atomic E-state index is 0.398. The number of aliphatic hydroxyl groups excluding tert-OH is 1. The van der Waals surface area contributed by atoms with Crippen LogP contribution in [0.25, 0.3) is 0 Å². The molecule has 0 unspecified atom stereocenters. The second-order valence-electron chi connectivity index (χ2n) is 3.48. The van der Waals surface area contributed by atoms with Crippen LogP contribution in [0.15, 0.2) is 43.0 Å². The fourth-order valence-electron chi connectivity index (χ4n) is 1.28. The molecule has 82 valence electrons. The third-order valence-corrected chi connectivity index (χ3v) is 2.17. The molecule has 1 atom stereocenters. The molecule has 0 heterocycles. The van der Waals surface area contributed by atoms with Crippen LogP contribution in [-0.2, 0) is 11.3 Å². The summed E-state index contributed by atoms with van der Waals surface area (Å²) in [6, 6.07) is 10.1. The van der Waals surface area contributed by atoms with Crippen molar-refractivity contribution in [1.29, 1.82) is 0 Å². The number of rotatable bonds is 7. The van der Waals surface area contributed by atoms with Crippen LogP contribution < -0.4 is 0 Å². The van der Waals surface area contributed by atoms with Gasteiger partial charge in [0.05, 0.1) is 12.7 Å². The van der Waals surface area contributed by atoms with Gasteiger partial charge >= 0.3 is 0 Å². The van der Waals surface area contributed by atoms with Crippen molar-refractivity contribution in [3.8, 4) is 0 Å². The fourth-order valence-corrected chi connectivity index (χ4v) is 1.28. The van der Waals surface area contributed by atoms with E-state index in [9.17, 15) is 5.11 Å². The first-order valence-electron chi connectivity index (χ1n) is 5.25. The first kappa shape index (κ1) is 12.0. The molecule has 0 saturated heterocycles. The van der Waals surface area contributed by atoms with E-state index in [4.69, 9.17) is 4.74 Å². The molecule has 0 aliphatic heterocycles. The maximum Gasteiger partial charge on any atom is 0.0719 e. The highest BCUT2D eigenvalue weighted by atomic mass is 16.5. The zero-order chi connectivity index (χ0) is 10.9. The number of hydrogen-bond donors (Lipinski definition) is 1. The number of aliphatic hydroxyl groups is 1. The summed E-state index contributed by atoms with van der Waals surface area (Å²) in [6.07, 6.45) is 2.74. The number of benzene rings is 1. The molecule has 0 radical (unpaired) electrons. The van der Waals surface area contributed by atoms with Crippen molar-refractivity contribution < 1.29 is 9.84 Å². The van der Waals surface area contributed by atoms with E-state index in [-0.39, 0.29) is 0 Å². The maximum atomic E-state index is 9.20. The molecule has 1 rings (SSSR count). The van der Waals surface area contributed by atoms with E-state index >= 15 is 0 Å². The SMILES string of the molecule is C=C[C@@H](O)CCCOCc1ccccc1. The summed E-state index contributed by atoms with van der Waals surface area (Å²) in [7, 11) is 0. The van der Waals surface area contributed by atoms with Gasteiger partial charge in [0.2, 0.25) is 0 Å². The van der Waals surface area contributed by atoms with E-state index in [1.165, 1.54) is 5.56 Å². The van der Waals surface area contributed by atoms with Gasteiger partial charge in [-0.15, -0.1) is 6.58 Å². The first-order valence-corrected chi connectivity index (χ1v) is 5.25. The molecular formula is C13H18O2. The zero-order valence-electron chi connectivity index (χ0n) is 8.93. The van der Waals surface area contributed by atoms with Gasteiger partial charge in [-0.3, -0.25) is 0 Å². The molecule has 15 heavy (non-hydrogen) atoms. The van der Waals surface area contributed by atoms with Crippen LogP contribution in [0, 0.1) is 0 Å². The van der Waals surface area contributed by atoms with Crippen molar-refractivity contribution in [2.45, 2.75) is 25.6 Å². The van der Waals surface area contributed by atoms with Gasteiger partial charge in [0.1, 0.15) is 0 Å². The van der Waals surface area contributed by atoms with Gasteiger partial charge in [-0.25, -0.2) is 0 Å². The minimum atomic E-state index is -0.398. The molecule has 1 aromatic rings. The summed E-state index contributed by atoms with van der Waals surface area (Å²) in [5.41, 5.74) is 1.18. The predicted molar refractivity (Wildman–Crippen MR) is 61.5 cm³/mol. The second kappa shape index (κ2) is 7.21. The highest BCUT2D eigenvalue weighted by molar-refractivity contribution is 5.13. The summed E-state index contributed by atoms with van der Waals surface area (Å²) < 4.78 is 5.47. The van der Waals surface area contributed by atoms with Gasteiger partial charge < -0.3 is 9.84 Å². The molecular weight excluding hydrogens is 188 g/mol. The number of ether oxygens (including phenoxy) is 1. The Balaban J connectivity index is 2.05. The van der Waals surface area contributed by atoms with Gasteiger partial charge in [0, 0.05) is 6.61 Å². The first-order chi connectivity index (χ1) is 7.33. The van der Waals surface area contributed by atoms with Gasteiger partial charge in [-0.2, -0.15) is 0 Å². The topological polar surface area (TPSA) is 29.5 Å². The summed E-state index contributed by atoms with van der Waals surface area (Å²) in [5, 5.41) is 9.20. The van der Waals surface area contributed by atoms with Crippen LogP contribution in [0.4, 0.5) is 0 Å². The van der Waals surface area contributed by atoms with Crippen molar-refractivity contribution >= 4 is 0 Å². The number of hydrogen-bond acceptors (Lipinski definition) is 2. The smallest absolute Gasteiger partial charge is 0.0719 e. The quantitative estimate of drug-likeness (QED) is 0.548. The maximum absolute atomic E-state index is 9.20. The minimum Gasteiger partial charge on any atom is -0.389 e. The Morgan fingerprint density at radius 2 is 2.07 bits per heavy atom. The zero-order valence-corrected chi connectivity index (χ0v) is 8.93. The van der Waals surface area contributed by atoms with E-state index in [1.807, 2.05) is 30.3 Å². The van der Waals surface area contributed by atoms with Crippen LogP contribution in [0.3, 0.4) is 0 Å². The van der Waals surface area contributed by atoms with Crippen LogP contribution in [0.5, 0.6) is 0 Å². The Kier molecular flexibility index (Phi) is 5.74. The largest absolute Gasteiger partial charge is 0.389 e. The Morgan fingerprint density at radius 3 is 2.73 bits per heavy atom. The normalized spacial score (nSPS) is 12.3. The van der Waals surface area contributed by atoms with E-state index in [0.29, 0.717) is 13.2 Å². The fraction of sp³-hybridized carbons (Fsp3) is 0.385.